The fourth-order valence-electron chi connectivity index (χ4n) is 2.59. The lowest BCUT2D eigenvalue weighted by Gasteiger charge is -2.31. The van der Waals surface area contributed by atoms with Gasteiger partial charge in [-0.15, -0.1) is 0 Å². The Kier molecular flexibility index (Phi) is 8.12. The normalized spacial score (nSPS) is 17.5. The Morgan fingerprint density at radius 1 is 1.33 bits per heavy atom. The molecule has 0 aromatic heterocycles. The van der Waals surface area contributed by atoms with Gasteiger partial charge in [0, 0.05) is 39.8 Å². The number of nitrogens with one attached hydrogen (secondary N) is 1. The van der Waals surface area contributed by atoms with Crippen LogP contribution in [0.15, 0.2) is 0 Å². The first kappa shape index (κ1) is 17.8. The van der Waals surface area contributed by atoms with Gasteiger partial charge in [0.2, 0.25) is 0 Å². The zero-order chi connectivity index (χ0) is 15.7. The van der Waals surface area contributed by atoms with Crippen molar-refractivity contribution in [3.8, 4) is 0 Å². The number of piperidine rings is 1. The standard InChI is InChI=1S/C15H28N2O4/c1-12(3-4-14(18)19)5-8-16-15(20)17-9-6-13(7-10-17)11-21-2/h12-13H,3-11H2,1-2H3,(H,16,20)(H,18,19). The van der Waals surface area contributed by atoms with E-state index < -0.39 is 5.97 Å². The molecule has 122 valence electrons. The molecule has 1 heterocycles. The van der Waals surface area contributed by atoms with Gasteiger partial charge in [-0.2, -0.15) is 0 Å². The van der Waals surface area contributed by atoms with Gasteiger partial charge in [-0.3, -0.25) is 4.79 Å². The van der Waals surface area contributed by atoms with Crippen molar-refractivity contribution in [2.75, 3.05) is 33.4 Å². The summed E-state index contributed by atoms with van der Waals surface area (Å²) in [6.45, 7) is 4.97. The van der Waals surface area contributed by atoms with E-state index in [2.05, 4.69) is 5.32 Å². The van der Waals surface area contributed by atoms with E-state index in [1.807, 2.05) is 11.8 Å². The molecular formula is C15H28N2O4. The SMILES string of the molecule is COCC1CCN(C(=O)NCCC(C)CCC(=O)O)CC1. The van der Waals surface area contributed by atoms with Crippen molar-refractivity contribution in [2.45, 2.75) is 39.0 Å². The summed E-state index contributed by atoms with van der Waals surface area (Å²) in [4.78, 5) is 24.3. The van der Waals surface area contributed by atoms with E-state index in [9.17, 15) is 9.59 Å². The predicted octanol–water partition coefficient (Wildman–Crippen LogP) is 1.95. The van der Waals surface area contributed by atoms with Crippen LogP contribution in [0.1, 0.15) is 39.0 Å². The molecule has 0 aliphatic carbocycles. The van der Waals surface area contributed by atoms with Crippen LogP contribution >= 0.6 is 0 Å². The number of aliphatic carboxylic acids is 1. The molecule has 1 unspecified atom stereocenters. The lowest BCUT2D eigenvalue weighted by molar-refractivity contribution is -0.137. The highest BCUT2D eigenvalue weighted by atomic mass is 16.5. The van der Waals surface area contributed by atoms with Crippen LogP contribution in [0.2, 0.25) is 0 Å². The first-order valence-electron chi connectivity index (χ1n) is 7.76. The molecule has 0 saturated carbocycles. The third-order valence-electron chi connectivity index (χ3n) is 4.07. The Balaban J connectivity index is 2.12. The lowest BCUT2D eigenvalue weighted by Crippen LogP contribution is -2.45. The van der Waals surface area contributed by atoms with Crippen LogP contribution < -0.4 is 5.32 Å². The van der Waals surface area contributed by atoms with E-state index in [0.717, 1.165) is 39.0 Å². The summed E-state index contributed by atoms with van der Waals surface area (Å²) in [6.07, 6.45) is 3.67. The second-order valence-electron chi connectivity index (χ2n) is 5.94. The fraction of sp³-hybridized carbons (Fsp3) is 0.867. The van der Waals surface area contributed by atoms with Gasteiger partial charge in [0.15, 0.2) is 0 Å². The molecule has 1 atom stereocenters. The number of rotatable bonds is 8. The largest absolute Gasteiger partial charge is 0.481 e. The predicted molar refractivity (Wildman–Crippen MR) is 80.2 cm³/mol. The number of urea groups is 1. The average molecular weight is 300 g/mol. The van der Waals surface area contributed by atoms with Gasteiger partial charge in [-0.05, 0) is 37.5 Å². The third-order valence-corrected chi connectivity index (χ3v) is 4.07. The van der Waals surface area contributed by atoms with Crippen LogP contribution in [0.4, 0.5) is 4.79 Å². The summed E-state index contributed by atoms with van der Waals surface area (Å²) in [5, 5.41) is 11.5. The summed E-state index contributed by atoms with van der Waals surface area (Å²) in [5.41, 5.74) is 0. The zero-order valence-electron chi connectivity index (χ0n) is 13.1. The molecule has 1 aliphatic rings. The molecule has 6 heteroatoms. The maximum atomic E-state index is 12.0. The van der Waals surface area contributed by atoms with Crippen molar-refractivity contribution < 1.29 is 19.4 Å². The van der Waals surface area contributed by atoms with Crippen LogP contribution in [-0.2, 0) is 9.53 Å². The third kappa shape index (κ3) is 7.32. The molecule has 0 aromatic carbocycles. The molecule has 1 fully saturated rings. The van der Waals surface area contributed by atoms with Crippen molar-refractivity contribution >= 4 is 12.0 Å². The van der Waals surface area contributed by atoms with Gasteiger partial charge in [-0.25, -0.2) is 4.79 Å². The van der Waals surface area contributed by atoms with E-state index in [1.54, 1.807) is 7.11 Å². The van der Waals surface area contributed by atoms with E-state index in [1.165, 1.54) is 0 Å². The van der Waals surface area contributed by atoms with E-state index in [4.69, 9.17) is 9.84 Å². The highest BCUT2D eigenvalue weighted by Gasteiger charge is 2.22. The Morgan fingerprint density at radius 3 is 2.57 bits per heavy atom. The number of carbonyl (C=O) groups excluding carboxylic acids is 1. The van der Waals surface area contributed by atoms with Crippen LogP contribution in [-0.4, -0.2) is 55.4 Å². The topological polar surface area (TPSA) is 78.9 Å². The smallest absolute Gasteiger partial charge is 0.317 e. The molecule has 1 aliphatic heterocycles. The number of nitrogens with zero attached hydrogens (tertiary/aromatic N) is 1. The van der Waals surface area contributed by atoms with Crippen molar-refractivity contribution in [2.24, 2.45) is 11.8 Å². The number of amides is 2. The van der Waals surface area contributed by atoms with Gasteiger partial charge in [-0.1, -0.05) is 6.92 Å². The van der Waals surface area contributed by atoms with E-state index in [-0.39, 0.29) is 12.5 Å². The highest BCUT2D eigenvalue weighted by Crippen LogP contribution is 2.17. The first-order chi connectivity index (χ1) is 10.0. The Labute approximate surface area is 126 Å². The summed E-state index contributed by atoms with van der Waals surface area (Å²) in [5.74, 6) is 0.119. The van der Waals surface area contributed by atoms with Gasteiger partial charge in [0.1, 0.15) is 0 Å². The fourth-order valence-corrected chi connectivity index (χ4v) is 2.59. The minimum absolute atomic E-state index is 0.00342. The molecule has 2 N–H and O–H groups in total. The monoisotopic (exact) mass is 300 g/mol. The summed E-state index contributed by atoms with van der Waals surface area (Å²) in [7, 11) is 1.71. The molecule has 0 aromatic rings. The minimum Gasteiger partial charge on any atom is -0.481 e. The minimum atomic E-state index is -0.759. The molecule has 0 radical (unpaired) electrons. The molecule has 6 nitrogen and oxygen atoms in total. The Hall–Kier alpha value is -1.30. The lowest BCUT2D eigenvalue weighted by atomic mass is 9.98. The van der Waals surface area contributed by atoms with Gasteiger partial charge >= 0.3 is 12.0 Å². The van der Waals surface area contributed by atoms with E-state index >= 15 is 0 Å². The first-order valence-corrected chi connectivity index (χ1v) is 7.76. The number of likely N-dealkylation sites (tertiary alicyclic amines) is 1. The highest BCUT2D eigenvalue weighted by molar-refractivity contribution is 5.74. The number of methoxy groups -OCH3 is 1. The summed E-state index contributed by atoms with van der Waals surface area (Å²) in [6, 6.07) is -0.00342. The molecule has 21 heavy (non-hydrogen) atoms. The van der Waals surface area contributed by atoms with Gasteiger partial charge < -0.3 is 20.1 Å². The number of carboxylic acids is 1. The molecule has 1 saturated heterocycles. The number of ether oxygens (including phenoxy) is 1. The molecule has 1 rings (SSSR count). The number of carboxylic acid groups (broad SMARTS) is 1. The second kappa shape index (κ2) is 9.60. The van der Waals surface area contributed by atoms with Crippen molar-refractivity contribution in [1.82, 2.24) is 10.2 Å². The molecule has 0 spiro atoms. The van der Waals surface area contributed by atoms with Crippen molar-refractivity contribution in [3.63, 3.8) is 0 Å². The van der Waals surface area contributed by atoms with Crippen LogP contribution in [0.3, 0.4) is 0 Å². The summed E-state index contributed by atoms with van der Waals surface area (Å²) >= 11 is 0. The van der Waals surface area contributed by atoms with Crippen molar-refractivity contribution in [1.29, 1.82) is 0 Å². The van der Waals surface area contributed by atoms with Crippen molar-refractivity contribution in [3.05, 3.63) is 0 Å². The number of hydrogen-bond donors (Lipinski definition) is 2. The molecule has 2 amide bonds. The zero-order valence-corrected chi connectivity index (χ0v) is 13.1. The van der Waals surface area contributed by atoms with E-state index in [0.29, 0.717) is 24.8 Å². The van der Waals surface area contributed by atoms with Crippen LogP contribution in [0.5, 0.6) is 0 Å². The quantitative estimate of drug-likeness (QED) is 0.718. The number of carbonyl (C=O) groups is 2. The number of hydrogen-bond acceptors (Lipinski definition) is 3. The Bertz CT molecular complexity index is 328. The molecular weight excluding hydrogens is 272 g/mol. The molecule has 0 bridgehead atoms. The van der Waals surface area contributed by atoms with Crippen LogP contribution in [0, 0.1) is 11.8 Å². The second-order valence-corrected chi connectivity index (χ2v) is 5.94. The van der Waals surface area contributed by atoms with Gasteiger partial charge in [0.05, 0.1) is 0 Å². The average Bonchev–Trinajstić information content (AvgIpc) is 2.46. The van der Waals surface area contributed by atoms with Crippen LogP contribution in [0.25, 0.3) is 0 Å². The maximum Gasteiger partial charge on any atom is 0.317 e. The maximum absolute atomic E-state index is 12.0. The summed E-state index contributed by atoms with van der Waals surface area (Å²) < 4.78 is 5.15. The van der Waals surface area contributed by atoms with Gasteiger partial charge in [0.25, 0.3) is 0 Å². The Morgan fingerprint density at radius 2 is 2.00 bits per heavy atom.